The Labute approximate surface area is 180 Å². The average Bonchev–Trinajstić information content (AvgIpc) is 3.22. The predicted octanol–water partition coefficient (Wildman–Crippen LogP) is 3.88. The number of aromatic amines is 1. The van der Waals surface area contributed by atoms with Crippen LogP contribution in [-0.4, -0.2) is 59.6 Å². The molecule has 3 N–H and O–H groups in total. The fourth-order valence-electron chi connectivity index (χ4n) is 3.47. The maximum Gasteiger partial charge on any atom is 0.573 e. The molecule has 0 bridgehead atoms. The Morgan fingerprint density at radius 3 is 2.61 bits per heavy atom. The van der Waals surface area contributed by atoms with Crippen molar-refractivity contribution in [1.82, 2.24) is 19.9 Å². The van der Waals surface area contributed by atoms with Crippen molar-refractivity contribution in [3.63, 3.8) is 0 Å². The molecular weight excluding hydrogens is 411 g/mol. The Balaban J connectivity index is 0.000000229. The zero-order valence-corrected chi connectivity index (χ0v) is 17.9. The standard InChI is InChI=1S/C13H13F3N4O.C8H17NO/c14-13(15,16)21-10-4-8(5-19-12(10)17)9-6-18-11(20-9)3-7-1-2-7;1-8-3-4-9(7-8)5-6-10-2/h4-7H,1-3H2,(H2,17,19)(H,18,20);8H,3-7H2,1-2H3. The molecule has 2 aliphatic rings. The van der Waals surface area contributed by atoms with Gasteiger partial charge in [0.25, 0.3) is 0 Å². The van der Waals surface area contributed by atoms with Crippen LogP contribution in [0.4, 0.5) is 19.0 Å². The summed E-state index contributed by atoms with van der Waals surface area (Å²) in [5.74, 6) is 1.56. The Bertz CT molecular complexity index is 839. The van der Waals surface area contributed by atoms with E-state index >= 15 is 0 Å². The number of H-pyrrole nitrogens is 1. The summed E-state index contributed by atoms with van der Waals surface area (Å²) in [6, 6.07) is 1.20. The third kappa shape index (κ3) is 7.70. The molecule has 2 aromatic rings. The summed E-state index contributed by atoms with van der Waals surface area (Å²) in [7, 11) is 1.76. The van der Waals surface area contributed by atoms with Crippen molar-refractivity contribution in [2.75, 3.05) is 39.1 Å². The highest BCUT2D eigenvalue weighted by Gasteiger charge is 2.32. The molecule has 7 nitrogen and oxygen atoms in total. The molecule has 1 unspecified atom stereocenters. The van der Waals surface area contributed by atoms with Gasteiger partial charge >= 0.3 is 6.36 Å². The molecular formula is C21H30F3N5O2. The largest absolute Gasteiger partial charge is 0.573 e. The summed E-state index contributed by atoms with van der Waals surface area (Å²) < 4.78 is 45.7. The van der Waals surface area contributed by atoms with Crippen molar-refractivity contribution >= 4 is 5.82 Å². The van der Waals surface area contributed by atoms with Gasteiger partial charge < -0.3 is 25.1 Å². The van der Waals surface area contributed by atoms with Crippen LogP contribution in [0.5, 0.6) is 5.75 Å². The lowest BCUT2D eigenvalue weighted by molar-refractivity contribution is -0.274. The summed E-state index contributed by atoms with van der Waals surface area (Å²) in [6.45, 7) is 6.84. The second-order valence-electron chi connectivity index (χ2n) is 8.23. The van der Waals surface area contributed by atoms with Crippen molar-refractivity contribution < 1.29 is 22.6 Å². The number of pyridine rings is 1. The van der Waals surface area contributed by atoms with E-state index in [1.807, 2.05) is 0 Å². The fraction of sp³-hybridized carbons (Fsp3) is 0.619. The molecule has 0 aromatic carbocycles. The average molecular weight is 441 g/mol. The number of hydrogen-bond donors (Lipinski definition) is 2. The minimum atomic E-state index is -4.81. The molecule has 31 heavy (non-hydrogen) atoms. The van der Waals surface area contributed by atoms with E-state index in [4.69, 9.17) is 10.5 Å². The topological polar surface area (TPSA) is 89.3 Å². The van der Waals surface area contributed by atoms with E-state index in [1.54, 1.807) is 13.3 Å². The SMILES string of the molecule is COCCN1CCC(C)C1.Nc1ncc(-c2cnc(CC3CC3)[nH]2)cc1OC(F)(F)F. The number of nitrogens with one attached hydrogen (secondary N) is 1. The first kappa shape index (κ1) is 23.3. The molecule has 1 aliphatic carbocycles. The smallest absolute Gasteiger partial charge is 0.402 e. The molecule has 10 heteroatoms. The first-order chi connectivity index (χ1) is 14.7. The fourth-order valence-corrected chi connectivity index (χ4v) is 3.47. The van der Waals surface area contributed by atoms with Crippen molar-refractivity contribution in [3.05, 3.63) is 24.3 Å². The molecule has 4 rings (SSSR count). The number of rotatable bonds is 7. The maximum atomic E-state index is 12.3. The molecule has 172 valence electrons. The number of imidazole rings is 1. The number of aromatic nitrogens is 3. The first-order valence-corrected chi connectivity index (χ1v) is 10.5. The van der Waals surface area contributed by atoms with Crippen LogP contribution in [0.15, 0.2) is 18.5 Å². The number of hydrogen-bond acceptors (Lipinski definition) is 6. The monoisotopic (exact) mass is 441 g/mol. The Hall–Kier alpha value is -2.33. The van der Waals surface area contributed by atoms with E-state index in [2.05, 4.69) is 31.5 Å². The summed E-state index contributed by atoms with van der Waals surface area (Å²) in [6.07, 6.45) is 2.76. The lowest BCUT2D eigenvalue weighted by Gasteiger charge is -2.13. The van der Waals surface area contributed by atoms with Crippen LogP contribution in [0.1, 0.15) is 32.0 Å². The summed E-state index contributed by atoms with van der Waals surface area (Å²) in [5, 5.41) is 0. The van der Waals surface area contributed by atoms with Crippen LogP contribution in [0.25, 0.3) is 11.3 Å². The number of nitrogen functional groups attached to an aromatic ring is 1. The Kier molecular flexibility index (Phi) is 7.77. The summed E-state index contributed by atoms with van der Waals surface area (Å²) >= 11 is 0. The van der Waals surface area contributed by atoms with Gasteiger partial charge in [0.05, 0.1) is 18.5 Å². The minimum absolute atomic E-state index is 0.311. The number of nitrogens with two attached hydrogens (primary N) is 1. The van der Waals surface area contributed by atoms with Gasteiger partial charge in [0.2, 0.25) is 0 Å². The molecule has 0 amide bonds. The van der Waals surface area contributed by atoms with Crippen molar-refractivity contribution in [3.8, 4) is 17.0 Å². The van der Waals surface area contributed by atoms with Gasteiger partial charge in [-0.2, -0.15) is 0 Å². The van der Waals surface area contributed by atoms with E-state index < -0.39 is 12.1 Å². The van der Waals surface area contributed by atoms with Crippen LogP contribution in [0, 0.1) is 11.8 Å². The van der Waals surface area contributed by atoms with Crippen molar-refractivity contribution in [2.45, 2.75) is 39.0 Å². The number of likely N-dealkylation sites (tertiary alicyclic amines) is 1. The van der Waals surface area contributed by atoms with Gasteiger partial charge in [-0.05, 0) is 43.7 Å². The van der Waals surface area contributed by atoms with Crippen LogP contribution in [0.2, 0.25) is 0 Å². The number of alkyl halides is 3. The van der Waals surface area contributed by atoms with E-state index in [-0.39, 0.29) is 5.82 Å². The van der Waals surface area contributed by atoms with E-state index in [0.717, 1.165) is 31.3 Å². The van der Waals surface area contributed by atoms with E-state index in [1.165, 1.54) is 44.6 Å². The number of nitrogens with zero attached hydrogens (tertiary/aromatic N) is 3. The lowest BCUT2D eigenvalue weighted by Crippen LogP contribution is -2.24. The highest BCUT2D eigenvalue weighted by atomic mass is 19.4. The van der Waals surface area contributed by atoms with Crippen LogP contribution in [0.3, 0.4) is 0 Å². The normalized spacial score (nSPS) is 19.2. The molecule has 1 saturated heterocycles. The highest BCUT2D eigenvalue weighted by molar-refractivity contribution is 5.63. The molecule has 0 spiro atoms. The third-order valence-corrected chi connectivity index (χ3v) is 5.35. The van der Waals surface area contributed by atoms with Crippen LogP contribution >= 0.6 is 0 Å². The van der Waals surface area contributed by atoms with Gasteiger partial charge in [-0.15, -0.1) is 13.2 Å². The summed E-state index contributed by atoms with van der Waals surface area (Å²) in [4.78, 5) is 13.5. The number of ether oxygens (including phenoxy) is 2. The molecule has 1 atom stereocenters. The number of anilines is 1. The second kappa shape index (κ2) is 10.3. The van der Waals surface area contributed by atoms with Gasteiger partial charge in [0, 0.05) is 38.4 Å². The van der Waals surface area contributed by atoms with Gasteiger partial charge in [-0.25, -0.2) is 9.97 Å². The van der Waals surface area contributed by atoms with Gasteiger partial charge in [-0.1, -0.05) is 6.92 Å². The Morgan fingerprint density at radius 2 is 2.00 bits per heavy atom. The molecule has 3 heterocycles. The lowest BCUT2D eigenvalue weighted by atomic mass is 10.2. The minimum Gasteiger partial charge on any atom is -0.402 e. The molecule has 0 radical (unpaired) electrons. The van der Waals surface area contributed by atoms with E-state index in [0.29, 0.717) is 17.2 Å². The van der Waals surface area contributed by atoms with Gasteiger partial charge in [0.1, 0.15) is 5.82 Å². The molecule has 2 fully saturated rings. The molecule has 1 saturated carbocycles. The maximum absolute atomic E-state index is 12.3. The van der Waals surface area contributed by atoms with E-state index in [9.17, 15) is 13.2 Å². The highest BCUT2D eigenvalue weighted by Crippen LogP contribution is 2.33. The zero-order valence-electron chi connectivity index (χ0n) is 17.9. The van der Waals surface area contributed by atoms with Crippen LogP contribution in [-0.2, 0) is 11.2 Å². The van der Waals surface area contributed by atoms with Crippen LogP contribution < -0.4 is 10.5 Å². The van der Waals surface area contributed by atoms with Gasteiger partial charge in [0.15, 0.2) is 11.6 Å². The zero-order chi connectivity index (χ0) is 22.4. The number of methoxy groups -OCH3 is 1. The van der Waals surface area contributed by atoms with Gasteiger partial charge in [-0.3, -0.25) is 0 Å². The molecule has 2 aromatic heterocycles. The first-order valence-electron chi connectivity index (χ1n) is 10.5. The van der Waals surface area contributed by atoms with Crippen molar-refractivity contribution in [1.29, 1.82) is 0 Å². The predicted molar refractivity (Wildman–Crippen MR) is 111 cm³/mol. The quantitative estimate of drug-likeness (QED) is 0.678. The molecule has 1 aliphatic heterocycles. The third-order valence-electron chi connectivity index (χ3n) is 5.35. The van der Waals surface area contributed by atoms with Crippen molar-refractivity contribution in [2.24, 2.45) is 11.8 Å². The summed E-state index contributed by atoms with van der Waals surface area (Å²) in [5.41, 5.74) is 6.42. The second-order valence-corrected chi connectivity index (χ2v) is 8.23. The Morgan fingerprint density at radius 1 is 1.23 bits per heavy atom. The number of halogens is 3.